The Hall–Kier alpha value is -12.2. The molecule has 0 spiro atoms. The van der Waals surface area contributed by atoms with Crippen LogP contribution in [0.15, 0.2) is 91.3 Å². The zero-order valence-electron chi connectivity index (χ0n) is 77.1. The molecule has 712 valence electrons. The Labute approximate surface area is 758 Å². The third kappa shape index (κ3) is 33.7. The molecule has 5 aromatic rings. The molecule has 2 bridgehead atoms. The molecule has 5 unspecified atom stereocenters. The van der Waals surface area contributed by atoms with Gasteiger partial charge in [-0.05, 0) is 160 Å². The number of Topliss-reactive ketones (excluding diaryl/α,β-unsaturated/α-hetero) is 4. The number of aromatic nitrogens is 4. The van der Waals surface area contributed by atoms with Crippen molar-refractivity contribution in [2.45, 2.75) is 303 Å². The van der Waals surface area contributed by atoms with Crippen molar-refractivity contribution in [3.8, 4) is 5.75 Å². The first-order valence-electron chi connectivity index (χ1n) is 44.8. The van der Waals surface area contributed by atoms with Crippen LogP contribution in [0.4, 0.5) is 0 Å². The van der Waals surface area contributed by atoms with Crippen LogP contribution in [0.5, 0.6) is 5.75 Å². The summed E-state index contributed by atoms with van der Waals surface area (Å²) in [5.41, 5.74) is 9.78. The van der Waals surface area contributed by atoms with E-state index >= 15 is 28.8 Å². The average Bonchev–Trinajstić information content (AvgIpc) is 1.76. The van der Waals surface area contributed by atoms with E-state index in [4.69, 9.17) is 11.5 Å². The highest BCUT2D eigenvalue weighted by Gasteiger charge is 2.44. The Bertz CT molecular complexity index is 4750. The van der Waals surface area contributed by atoms with E-state index in [9.17, 15) is 63.0 Å². The number of benzene rings is 3. The van der Waals surface area contributed by atoms with Gasteiger partial charge < -0.3 is 95.8 Å². The number of aromatic amines is 1. The number of carbonyl (C=O) groups excluding carboxylic acids is 17. The number of H-pyrrole nitrogens is 1. The lowest BCUT2D eigenvalue weighted by Crippen LogP contribution is -2.64. The fourth-order valence-electron chi connectivity index (χ4n) is 15.2. The van der Waals surface area contributed by atoms with Gasteiger partial charge in [0, 0.05) is 75.5 Å². The maximum absolute atomic E-state index is 15.3. The number of nitrogens with two attached hydrogens (primary N) is 2. The van der Waals surface area contributed by atoms with E-state index in [0.717, 1.165) is 6.42 Å². The number of nitrogens with one attached hydrogen (secondary N) is 14. The van der Waals surface area contributed by atoms with E-state index in [-0.39, 0.29) is 101 Å². The van der Waals surface area contributed by atoms with Crippen molar-refractivity contribution in [2.24, 2.45) is 35.1 Å². The van der Waals surface area contributed by atoms with E-state index < -0.39 is 202 Å². The van der Waals surface area contributed by atoms with Crippen LogP contribution in [-0.4, -0.2) is 227 Å². The van der Waals surface area contributed by atoms with Gasteiger partial charge in [-0.25, -0.2) is 0 Å². The number of aliphatic hydroxyl groups is 1. The number of primary amides is 2. The molecule has 0 saturated carbocycles. The summed E-state index contributed by atoms with van der Waals surface area (Å²) in [4.78, 5) is 245. The second-order valence-electron chi connectivity index (χ2n) is 35.5. The Balaban J connectivity index is 1.40. The second-order valence-corrected chi connectivity index (χ2v) is 35.5. The van der Waals surface area contributed by atoms with Crippen LogP contribution in [0.2, 0.25) is 0 Å². The first kappa shape index (κ1) is 107. The molecule has 0 saturated heterocycles. The minimum Gasteiger partial charge on any atom is -0.508 e. The van der Waals surface area contributed by atoms with E-state index in [1.165, 1.54) is 86.6 Å². The number of amides is 13. The van der Waals surface area contributed by atoms with Crippen LogP contribution in [0.25, 0.3) is 10.9 Å². The summed E-state index contributed by atoms with van der Waals surface area (Å²) in [5, 5.41) is 66.3. The molecule has 38 nitrogen and oxygen atoms in total. The summed E-state index contributed by atoms with van der Waals surface area (Å²) < 4.78 is 1.60. The molecule has 0 fully saturated rings. The van der Waals surface area contributed by atoms with Gasteiger partial charge in [-0.3, -0.25) is 86.2 Å². The van der Waals surface area contributed by atoms with Crippen LogP contribution in [0, 0.1) is 23.7 Å². The van der Waals surface area contributed by atoms with Crippen molar-refractivity contribution < 1.29 is 91.7 Å². The molecular weight excluding hydrogens is 1680 g/mol. The maximum atomic E-state index is 15.3. The number of para-hydroxylation sites is 1. The summed E-state index contributed by atoms with van der Waals surface area (Å²) >= 11 is 0. The van der Waals surface area contributed by atoms with Crippen molar-refractivity contribution in [3.63, 3.8) is 0 Å². The smallest absolute Gasteiger partial charge is 0.246 e. The van der Waals surface area contributed by atoms with Crippen molar-refractivity contribution in [1.82, 2.24) is 89.1 Å². The van der Waals surface area contributed by atoms with Crippen LogP contribution in [-0.2, 0) is 114 Å². The SMILES string of the molecule is CCCC[C@H](CNC(C)C(=O)C(=O)C(C)NC(=O)[C@]1(C)CCCc2cn(nn2)CCCCCC[C@@](C)(NC(=O)[C@H](Cc2ccccc2)NC(=O)[C@@H](NC(=O)[C@H](CC(C)C)NC(C)=O)[C@@H](C)O)C(=O)NC(C)C(=O)N[C@@H](Cc2ccc(O)cc2)C(=O)N[C@@H](Cc2c[nH]c3ccccc23)C(=O)NC(C)C(=O)C(=O)[C@H](CCC(N)=O)NC[C@@H](CC(C)C)C(=O)N1)C(=O)NC(C)C(N)=O. The molecule has 2 aromatic heterocycles. The van der Waals surface area contributed by atoms with Gasteiger partial charge in [0.05, 0.1) is 47.8 Å². The fourth-order valence-corrected chi connectivity index (χ4v) is 15.2. The van der Waals surface area contributed by atoms with Crippen LogP contribution in [0.3, 0.4) is 0 Å². The van der Waals surface area contributed by atoms with E-state index in [2.05, 4.69) is 84.4 Å². The molecule has 13 amide bonds. The molecule has 0 radical (unpaired) electrons. The molecule has 0 aliphatic carbocycles. The first-order valence-corrected chi connectivity index (χ1v) is 44.8. The summed E-state index contributed by atoms with van der Waals surface area (Å²) in [6.07, 6.45) is 3.91. The number of unbranched alkanes of at least 4 members (excludes halogenated alkanes) is 1. The molecule has 16 atom stereocenters. The Morgan fingerprint density at radius 1 is 0.623 bits per heavy atom. The Morgan fingerprint density at radius 2 is 1.27 bits per heavy atom. The summed E-state index contributed by atoms with van der Waals surface area (Å²) in [6, 6.07) is 5.34. The molecule has 38 heteroatoms. The number of carbonyl (C=O) groups is 17. The maximum Gasteiger partial charge on any atom is 0.246 e. The molecule has 3 heterocycles. The van der Waals surface area contributed by atoms with Gasteiger partial charge in [0.25, 0.3) is 0 Å². The lowest BCUT2D eigenvalue weighted by atomic mass is 9.89. The zero-order valence-corrected chi connectivity index (χ0v) is 77.1. The largest absolute Gasteiger partial charge is 0.508 e. The van der Waals surface area contributed by atoms with E-state index in [1.807, 2.05) is 34.6 Å². The van der Waals surface area contributed by atoms with Gasteiger partial charge in [-0.1, -0.05) is 133 Å². The number of fused-ring (bicyclic) bond motifs is 3. The molecule has 1 aliphatic heterocycles. The number of aliphatic hydroxyl groups excluding tert-OH is 1. The minimum atomic E-state index is -1.93. The number of nitrogens with zero attached hydrogens (tertiary/aromatic N) is 3. The van der Waals surface area contributed by atoms with Gasteiger partial charge >= 0.3 is 0 Å². The van der Waals surface area contributed by atoms with Crippen molar-refractivity contribution in [1.29, 1.82) is 0 Å². The Kier molecular flexibility index (Phi) is 42.0. The van der Waals surface area contributed by atoms with Crippen LogP contribution in [0.1, 0.15) is 209 Å². The number of aromatic hydroxyl groups is 1. The van der Waals surface area contributed by atoms with Gasteiger partial charge in [0.1, 0.15) is 59.1 Å². The zero-order chi connectivity index (χ0) is 96.4. The van der Waals surface area contributed by atoms with Crippen LogP contribution >= 0.6 is 0 Å². The highest BCUT2D eigenvalue weighted by atomic mass is 16.3. The summed E-state index contributed by atoms with van der Waals surface area (Å²) in [7, 11) is 0. The number of hydrogen-bond donors (Lipinski definition) is 18. The number of ketones is 4. The molecular formula is C92H135N19O19. The number of aryl methyl sites for hydroxylation is 2. The summed E-state index contributed by atoms with van der Waals surface area (Å²) in [6.45, 7) is 21.1. The molecule has 130 heavy (non-hydrogen) atoms. The van der Waals surface area contributed by atoms with E-state index in [0.29, 0.717) is 71.9 Å². The van der Waals surface area contributed by atoms with Gasteiger partial charge in [-0.2, -0.15) is 0 Å². The second kappa shape index (κ2) is 51.3. The van der Waals surface area contributed by atoms with Gasteiger partial charge in [0.15, 0.2) is 0 Å². The number of hydrogen-bond acceptors (Lipinski definition) is 23. The number of rotatable bonds is 35. The first-order chi connectivity index (χ1) is 61.3. The quantitative estimate of drug-likeness (QED) is 0.0256. The minimum absolute atomic E-state index is 0.0653. The van der Waals surface area contributed by atoms with E-state index in [1.54, 1.807) is 71.7 Å². The lowest BCUT2D eigenvalue weighted by Gasteiger charge is -2.33. The third-order valence-corrected chi connectivity index (χ3v) is 23.0. The topological polar surface area (TPSA) is 586 Å². The average molecular weight is 1810 g/mol. The third-order valence-electron chi connectivity index (χ3n) is 23.0. The normalized spacial score (nSPS) is 22.0. The van der Waals surface area contributed by atoms with Crippen LogP contribution < -0.4 is 80.6 Å². The highest BCUT2D eigenvalue weighted by molar-refractivity contribution is 6.41. The molecule has 1 aliphatic rings. The monoisotopic (exact) mass is 1810 g/mol. The number of phenolic OH excluding ortho intramolecular Hbond substituents is 1. The fraction of sp³-hybridized carbons (Fsp3) is 0.576. The Morgan fingerprint density at radius 3 is 1.92 bits per heavy atom. The molecule has 3 aromatic carbocycles. The van der Waals surface area contributed by atoms with Crippen molar-refractivity contribution in [3.05, 3.63) is 114 Å². The van der Waals surface area contributed by atoms with Gasteiger partial charge in [-0.15, -0.1) is 5.10 Å². The molecule has 6 rings (SSSR count). The predicted molar refractivity (Wildman–Crippen MR) is 483 cm³/mol. The number of phenols is 1. The molecule has 20 N–H and O–H groups in total. The lowest BCUT2D eigenvalue weighted by molar-refractivity contribution is -0.141. The van der Waals surface area contributed by atoms with Gasteiger partial charge in [0.2, 0.25) is 99.9 Å². The summed E-state index contributed by atoms with van der Waals surface area (Å²) in [5.74, 6) is -17.3. The van der Waals surface area contributed by atoms with Crippen molar-refractivity contribution >= 4 is 111 Å². The van der Waals surface area contributed by atoms with Crippen molar-refractivity contribution in [2.75, 3.05) is 13.1 Å². The predicted octanol–water partition coefficient (Wildman–Crippen LogP) is 1.55. The standard InChI is InChI=1S/C92H135N19O19/c1-15-16-29-62(82(122)99-56(9)80(94)120)47-95-53(6)76(116)77(117)55(8)100-89(129)92(14)40-26-30-65-50-111(110-109-65)41-25-18-17-24-39-91(13,108-87(127)72(44-60-27-20-19-21-28-60)105-88(128)75(58(11)112)106-86(126)70(43-52(4)5)102-59(12)113)90(130)101-57(10)81(121)103-71(45-61-33-35-66(114)36-34-61)85(125)104-73(46-63-48-96-68-32-23-22-31-67(63)68)84(124)98-54(7)78(118)79(119)69(37-38-74(93)115)97-49-64(42-51(2)3)83(123)107-92/h19-23,27-28,31-36,48,50-58,62,64,69-73,75,95-97,112,114H,15-18,24-26,29-30,37-47,49H2,1-14H3,(H2,93,115)(H2,94,120)(H,98,124)(H,99,122)(H,100,129)(H,101,130)(H,102,113)(H,103,121)(H,104,125)(H,105,128)(H,106,126)(H,107,123)(H,108,127)/t53?,54?,55?,56?,57?,58-,62-,64-,69+,70+,71+,72+,73+,75+,91-,92+/m1/s1. The highest BCUT2D eigenvalue weighted by Crippen LogP contribution is 2.25.